The van der Waals surface area contributed by atoms with Crippen molar-refractivity contribution in [2.45, 2.75) is 9.88 Å². The molecule has 0 aliphatic rings. The molecule has 3 nitrogen and oxygen atoms in total. The maximum absolute atomic E-state index is 5.32. The van der Waals surface area contributed by atoms with Gasteiger partial charge in [-0.3, -0.25) is 0 Å². The molecule has 0 aromatic heterocycles. The fraction of sp³-hybridized carbons (Fsp3) is 0.455. The SMILES string of the molecule is CO[Si](OC)(OC)c1ccccc1.[CH3][Sn][CH3]. The van der Waals surface area contributed by atoms with E-state index in [0.717, 1.165) is 5.19 Å². The van der Waals surface area contributed by atoms with Crippen LogP contribution in [0.25, 0.3) is 0 Å². The summed E-state index contributed by atoms with van der Waals surface area (Å²) in [5, 5.41) is 0.975. The van der Waals surface area contributed by atoms with Crippen LogP contribution in [0, 0.1) is 0 Å². The Hall–Kier alpha value is 0.116. The van der Waals surface area contributed by atoms with Crippen LogP contribution in [0.4, 0.5) is 0 Å². The number of rotatable bonds is 4. The minimum atomic E-state index is -2.59. The second-order valence-corrected chi connectivity index (χ2v) is 8.80. The zero-order valence-electron chi connectivity index (χ0n) is 10.6. The molecule has 0 aliphatic carbocycles. The molecule has 0 atom stereocenters. The van der Waals surface area contributed by atoms with E-state index in [9.17, 15) is 0 Å². The van der Waals surface area contributed by atoms with E-state index < -0.39 is 8.80 Å². The third-order valence-corrected chi connectivity index (χ3v) is 4.59. The van der Waals surface area contributed by atoms with Crippen molar-refractivity contribution in [3.8, 4) is 0 Å². The number of hydrogen-bond donors (Lipinski definition) is 0. The third kappa shape index (κ3) is 4.54. The van der Waals surface area contributed by atoms with Crippen LogP contribution < -0.4 is 5.19 Å². The summed E-state index contributed by atoms with van der Waals surface area (Å²) in [5.41, 5.74) is 0. The van der Waals surface area contributed by atoms with Crippen LogP contribution >= 0.6 is 0 Å². The Morgan fingerprint density at radius 3 is 1.56 bits per heavy atom. The van der Waals surface area contributed by atoms with Crippen LogP contribution in [0.5, 0.6) is 0 Å². The molecule has 1 aromatic rings. The predicted octanol–water partition coefficient (Wildman–Crippen LogP) is 1.56. The van der Waals surface area contributed by atoms with Crippen molar-refractivity contribution in [1.29, 1.82) is 0 Å². The van der Waals surface area contributed by atoms with Gasteiger partial charge in [0.2, 0.25) is 0 Å². The average Bonchev–Trinajstić information content (AvgIpc) is 2.34. The molecular formula is C11H20O3SiSn. The van der Waals surface area contributed by atoms with Crippen molar-refractivity contribution >= 4 is 35.1 Å². The average molecular weight is 347 g/mol. The van der Waals surface area contributed by atoms with Crippen molar-refractivity contribution in [2.24, 2.45) is 0 Å². The second-order valence-electron chi connectivity index (χ2n) is 3.03. The van der Waals surface area contributed by atoms with Crippen LogP contribution in [0.15, 0.2) is 30.3 Å². The molecule has 0 unspecified atom stereocenters. The van der Waals surface area contributed by atoms with Crippen LogP contribution in [0.3, 0.4) is 0 Å². The number of hydrogen-bond acceptors (Lipinski definition) is 3. The van der Waals surface area contributed by atoms with Crippen molar-refractivity contribution in [2.75, 3.05) is 21.3 Å². The quantitative estimate of drug-likeness (QED) is 0.774. The molecule has 0 spiro atoms. The Balaban J connectivity index is 0.000000673. The first-order valence-electron chi connectivity index (χ1n) is 5.00. The minimum absolute atomic E-state index is 0.230. The van der Waals surface area contributed by atoms with Gasteiger partial charge in [-0.2, -0.15) is 0 Å². The summed E-state index contributed by atoms with van der Waals surface area (Å²) in [6, 6.07) is 9.72. The molecule has 0 N–H and O–H groups in total. The van der Waals surface area contributed by atoms with Gasteiger partial charge in [0.1, 0.15) is 0 Å². The molecule has 16 heavy (non-hydrogen) atoms. The van der Waals surface area contributed by atoms with E-state index in [1.165, 1.54) is 0 Å². The van der Waals surface area contributed by atoms with Gasteiger partial charge in [0.25, 0.3) is 0 Å². The summed E-state index contributed by atoms with van der Waals surface area (Å²) >= 11 is 0.230. The molecule has 90 valence electrons. The Morgan fingerprint density at radius 2 is 1.25 bits per heavy atom. The zero-order chi connectivity index (χ0) is 12.4. The van der Waals surface area contributed by atoms with E-state index in [4.69, 9.17) is 13.3 Å². The van der Waals surface area contributed by atoms with E-state index in [-0.39, 0.29) is 21.1 Å². The second kappa shape index (κ2) is 9.18. The van der Waals surface area contributed by atoms with E-state index in [2.05, 4.69) is 9.88 Å². The molecule has 0 bridgehead atoms. The standard InChI is InChI=1S/C9H14O3Si.2CH3.Sn/c1-10-13(11-2,12-3)9-7-5-4-6-8-9;;;/h4-8H,1-3H3;2*1H3;. The molecule has 0 fully saturated rings. The molecule has 0 aliphatic heterocycles. The van der Waals surface area contributed by atoms with Crippen molar-refractivity contribution in [3.63, 3.8) is 0 Å². The van der Waals surface area contributed by atoms with Gasteiger partial charge in [-0.1, -0.05) is 30.3 Å². The summed E-state index contributed by atoms with van der Waals surface area (Å²) in [6.07, 6.45) is 0. The van der Waals surface area contributed by atoms with Crippen molar-refractivity contribution < 1.29 is 13.3 Å². The van der Waals surface area contributed by atoms with Gasteiger partial charge < -0.3 is 13.3 Å². The van der Waals surface area contributed by atoms with Crippen LogP contribution in [0.2, 0.25) is 9.88 Å². The van der Waals surface area contributed by atoms with Gasteiger partial charge in [-0.05, 0) is 0 Å². The molecule has 0 saturated heterocycles. The first-order chi connectivity index (χ1) is 7.70. The van der Waals surface area contributed by atoms with E-state index in [0.29, 0.717) is 0 Å². The Bertz CT molecular complexity index is 257. The fourth-order valence-corrected chi connectivity index (χ4v) is 3.05. The zero-order valence-corrected chi connectivity index (χ0v) is 14.5. The van der Waals surface area contributed by atoms with Gasteiger partial charge in [0.05, 0.1) is 0 Å². The van der Waals surface area contributed by atoms with E-state index in [1.807, 2.05) is 30.3 Å². The summed E-state index contributed by atoms with van der Waals surface area (Å²) in [7, 11) is 2.22. The summed E-state index contributed by atoms with van der Waals surface area (Å²) < 4.78 is 16.0. The van der Waals surface area contributed by atoms with Gasteiger partial charge in [-0.15, -0.1) is 0 Å². The molecule has 5 heteroatoms. The van der Waals surface area contributed by atoms with Crippen LogP contribution in [-0.4, -0.2) is 51.3 Å². The van der Waals surface area contributed by atoms with Gasteiger partial charge in [0, 0.05) is 26.5 Å². The maximum atomic E-state index is 5.32. The predicted molar refractivity (Wildman–Crippen MR) is 70.3 cm³/mol. The molecule has 2 radical (unpaired) electrons. The first kappa shape index (κ1) is 16.1. The summed E-state index contributed by atoms with van der Waals surface area (Å²) in [6.45, 7) is 0. The van der Waals surface area contributed by atoms with Crippen molar-refractivity contribution in [3.05, 3.63) is 30.3 Å². The number of benzene rings is 1. The normalized spacial score (nSPS) is 10.6. The summed E-state index contributed by atoms with van der Waals surface area (Å²) in [5.74, 6) is 0. The monoisotopic (exact) mass is 348 g/mol. The molecule has 0 amide bonds. The molecule has 0 saturated carbocycles. The molecular weight excluding hydrogens is 327 g/mol. The Kier molecular flexibility index (Phi) is 9.24. The summed E-state index contributed by atoms with van der Waals surface area (Å²) in [4.78, 5) is 4.59. The topological polar surface area (TPSA) is 27.7 Å². The van der Waals surface area contributed by atoms with Crippen LogP contribution in [0.1, 0.15) is 0 Å². The van der Waals surface area contributed by atoms with Crippen molar-refractivity contribution in [1.82, 2.24) is 0 Å². The van der Waals surface area contributed by atoms with E-state index >= 15 is 0 Å². The Labute approximate surface area is 110 Å². The van der Waals surface area contributed by atoms with Gasteiger partial charge in [0.15, 0.2) is 0 Å². The van der Waals surface area contributed by atoms with E-state index in [1.54, 1.807) is 21.3 Å². The fourth-order valence-electron chi connectivity index (χ4n) is 1.25. The molecule has 1 rings (SSSR count). The first-order valence-corrected chi connectivity index (χ1v) is 12.4. The third-order valence-electron chi connectivity index (χ3n) is 1.93. The molecule has 0 heterocycles. The van der Waals surface area contributed by atoms with Crippen LogP contribution in [-0.2, 0) is 13.3 Å². The Morgan fingerprint density at radius 1 is 0.875 bits per heavy atom. The molecule has 1 aromatic carbocycles. The van der Waals surface area contributed by atoms with Gasteiger partial charge >= 0.3 is 39.8 Å². The van der Waals surface area contributed by atoms with Gasteiger partial charge in [-0.25, -0.2) is 0 Å².